The van der Waals surface area contributed by atoms with Gasteiger partial charge in [-0.3, -0.25) is 9.78 Å². The number of halogens is 2. The van der Waals surface area contributed by atoms with Gasteiger partial charge in [0.2, 0.25) is 0 Å². The molecule has 0 aliphatic rings. The lowest BCUT2D eigenvalue weighted by atomic mass is 10.1. The quantitative estimate of drug-likeness (QED) is 0.278. The fourth-order valence-electron chi connectivity index (χ4n) is 3.15. The van der Waals surface area contributed by atoms with Crippen molar-refractivity contribution < 1.29 is 9.90 Å². The van der Waals surface area contributed by atoms with Gasteiger partial charge in [0.05, 0.1) is 21.4 Å². The maximum Gasteiger partial charge on any atom is 0.323 e. The molecule has 0 saturated carbocycles. The summed E-state index contributed by atoms with van der Waals surface area (Å²) in [5.41, 5.74) is 1.06. The fraction of sp³-hybridized carbons (Fsp3) is 0.0833. The van der Waals surface area contributed by atoms with Gasteiger partial charge in [0.1, 0.15) is 11.4 Å². The first kappa shape index (κ1) is 24.6. The van der Waals surface area contributed by atoms with Crippen LogP contribution in [0.25, 0.3) is 11.3 Å². The summed E-state index contributed by atoms with van der Waals surface area (Å²) in [6.45, 7) is 2.10. The Balaban J connectivity index is 1.62. The van der Waals surface area contributed by atoms with Crippen LogP contribution >= 0.6 is 35.0 Å². The highest BCUT2D eigenvalue weighted by Gasteiger charge is 2.15. The molecule has 2 heterocycles. The molecule has 3 N–H and O–H groups in total. The van der Waals surface area contributed by atoms with Crippen molar-refractivity contribution in [3.63, 3.8) is 0 Å². The Morgan fingerprint density at radius 3 is 2.43 bits per heavy atom. The molecular formula is C24H19Cl2N5O3S. The first-order chi connectivity index (χ1) is 16.8. The van der Waals surface area contributed by atoms with E-state index in [-0.39, 0.29) is 27.2 Å². The van der Waals surface area contributed by atoms with Crippen molar-refractivity contribution in [1.29, 1.82) is 0 Å². The van der Waals surface area contributed by atoms with Crippen LogP contribution < -0.4 is 16.2 Å². The number of aryl methyl sites for hydroxylation is 1. The van der Waals surface area contributed by atoms with Crippen LogP contribution in [0.3, 0.4) is 0 Å². The second-order valence-electron chi connectivity index (χ2n) is 7.25. The van der Waals surface area contributed by atoms with Crippen LogP contribution in [0.5, 0.6) is 5.75 Å². The molecule has 0 bridgehead atoms. The van der Waals surface area contributed by atoms with Crippen LogP contribution in [0.4, 0.5) is 16.2 Å². The number of hydrogen-bond donors (Lipinski definition) is 3. The van der Waals surface area contributed by atoms with Crippen molar-refractivity contribution in [3.8, 4) is 17.0 Å². The normalized spacial score (nSPS) is 10.7. The molecule has 0 spiro atoms. The molecule has 0 saturated heterocycles. The Kier molecular flexibility index (Phi) is 7.60. The molecule has 8 nitrogen and oxygen atoms in total. The van der Waals surface area contributed by atoms with Crippen LogP contribution in [-0.4, -0.2) is 25.9 Å². The first-order valence-corrected chi connectivity index (χ1v) is 12.0. The predicted octanol–water partition coefficient (Wildman–Crippen LogP) is 6.13. The predicted molar refractivity (Wildman–Crippen MR) is 139 cm³/mol. The molecule has 0 unspecified atom stereocenters. The third kappa shape index (κ3) is 5.94. The average molecular weight is 528 g/mol. The highest BCUT2D eigenvalue weighted by molar-refractivity contribution is 7.99. The van der Waals surface area contributed by atoms with E-state index in [1.807, 2.05) is 36.4 Å². The molecule has 0 aliphatic heterocycles. The van der Waals surface area contributed by atoms with E-state index in [0.29, 0.717) is 12.2 Å². The number of aromatic nitrogens is 3. The van der Waals surface area contributed by atoms with Gasteiger partial charge in [0, 0.05) is 34.3 Å². The van der Waals surface area contributed by atoms with Crippen molar-refractivity contribution in [2.45, 2.75) is 23.3 Å². The topological polar surface area (TPSA) is 109 Å². The number of nitrogens with zero attached hydrogens (tertiary/aromatic N) is 3. The van der Waals surface area contributed by atoms with Crippen molar-refractivity contribution >= 4 is 52.4 Å². The number of urea groups is 1. The van der Waals surface area contributed by atoms with Crippen LogP contribution in [0.15, 0.2) is 81.6 Å². The molecule has 0 atom stereocenters. The summed E-state index contributed by atoms with van der Waals surface area (Å²) in [6, 6.07) is 15.4. The third-order valence-corrected chi connectivity index (χ3v) is 6.39. The highest BCUT2D eigenvalue weighted by Crippen LogP contribution is 2.32. The van der Waals surface area contributed by atoms with Crippen molar-refractivity contribution in [2.75, 3.05) is 10.6 Å². The lowest BCUT2D eigenvalue weighted by molar-refractivity contribution is 0.262. The molecule has 0 radical (unpaired) electrons. The number of benzene rings is 2. The maximum absolute atomic E-state index is 12.8. The Bertz CT molecular complexity index is 1420. The van der Waals surface area contributed by atoms with E-state index in [9.17, 15) is 14.7 Å². The van der Waals surface area contributed by atoms with E-state index in [1.165, 1.54) is 34.9 Å². The van der Waals surface area contributed by atoms with E-state index in [1.54, 1.807) is 19.1 Å². The molecule has 0 aliphatic carbocycles. The molecule has 4 rings (SSSR count). The molecule has 2 aromatic carbocycles. The molecule has 11 heteroatoms. The molecule has 4 aromatic rings. The molecule has 2 aromatic heterocycles. The molecule has 178 valence electrons. The largest absolute Gasteiger partial charge is 0.508 e. The number of rotatable bonds is 6. The number of anilines is 2. The minimum Gasteiger partial charge on any atom is -0.508 e. The zero-order chi connectivity index (χ0) is 24.9. The minimum absolute atomic E-state index is 0.0484. The van der Waals surface area contributed by atoms with E-state index in [4.69, 9.17) is 23.2 Å². The van der Waals surface area contributed by atoms with Crippen molar-refractivity contribution in [1.82, 2.24) is 14.8 Å². The summed E-state index contributed by atoms with van der Waals surface area (Å²) in [4.78, 5) is 31.2. The zero-order valence-corrected chi connectivity index (χ0v) is 20.7. The number of phenolic OH excluding ortho intramolecular Hbond substituents is 1. The second kappa shape index (κ2) is 10.8. The van der Waals surface area contributed by atoms with Crippen LogP contribution in [0.2, 0.25) is 10.0 Å². The van der Waals surface area contributed by atoms with Gasteiger partial charge in [-0.1, -0.05) is 47.1 Å². The molecule has 0 fully saturated rings. The monoisotopic (exact) mass is 527 g/mol. The Labute approximate surface area is 214 Å². The summed E-state index contributed by atoms with van der Waals surface area (Å²) in [5, 5.41) is 19.4. The van der Waals surface area contributed by atoms with Crippen molar-refractivity contribution in [2.24, 2.45) is 0 Å². The Hall–Kier alpha value is -3.53. The molecule has 35 heavy (non-hydrogen) atoms. The van der Waals surface area contributed by atoms with Crippen LogP contribution in [-0.2, 0) is 6.54 Å². The SMILES string of the molecule is CCn1nc(-c2cccc(Sc3ccc(O)cc3)c2)cc(NC(=O)Nc2c(Cl)cncc2Cl)c1=O. The Morgan fingerprint density at radius 1 is 1.03 bits per heavy atom. The average Bonchev–Trinajstić information content (AvgIpc) is 2.84. The van der Waals surface area contributed by atoms with E-state index in [0.717, 1.165) is 15.4 Å². The van der Waals surface area contributed by atoms with Gasteiger partial charge in [0.25, 0.3) is 5.56 Å². The maximum atomic E-state index is 12.8. The standard InChI is InChI=1S/C24H19Cl2N5O3S/c1-2-31-23(33)21(28-24(34)29-22-18(25)12-27-13-19(22)26)11-20(30-31)14-4-3-5-17(10-14)35-16-8-6-15(32)7-9-16/h3-13,32H,2H2,1H3,(H2,27,28,29,34). The molecule has 2 amide bonds. The van der Waals surface area contributed by atoms with Gasteiger partial charge in [-0.15, -0.1) is 0 Å². The van der Waals surface area contributed by atoms with Gasteiger partial charge < -0.3 is 15.7 Å². The lowest BCUT2D eigenvalue weighted by Crippen LogP contribution is -2.29. The van der Waals surface area contributed by atoms with Gasteiger partial charge >= 0.3 is 6.03 Å². The van der Waals surface area contributed by atoms with Gasteiger partial charge in [0.15, 0.2) is 0 Å². The second-order valence-corrected chi connectivity index (χ2v) is 9.21. The van der Waals surface area contributed by atoms with Gasteiger partial charge in [-0.25, -0.2) is 9.48 Å². The first-order valence-electron chi connectivity index (χ1n) is 10.4. The smallest absolute Gasteiger partial charge is 0.323 e. The number of phenols is 1. The lowest BCUT2D eigenvalue weighted by Gasteiger charge is -2.13. The number of nitrogens with one attached hydrogen (secondary N) is 2. The number of carbonyl (C=O) groups is 1. The van der Waals surface area contributed by atoms with E-state index < -0.39 is 11.6 Å². The number of aromatic hydroxyl groups is 1. The summed E-state index contributed by atoms with van der Waals surface area (Å²) in [7, 11) is 0. The van der Waals surface area contributed by atoms with Crippen LogP contribution in [0, 0.1) is 0 Å². The summed E-state index contributed by atoms with van der Waals surface area (Å²) < 4.78 is 1.27. The van der Waals surface area contributed by atoms with Crippen LogP contribution in [0.1, 0.15) is 6.92 Å². The number of amides is 2. The number of pyridine rings is 1. The van der Waals surface area contributed by atoms with Crippen molar-refractivity contribution in [3.05, 3.63) is 87.4 Å². The number of hydrogen-bond acceptors (Lipinski definition) is 6. The zero-order valence-electron chi connectivity index (χ0n) is 18.3. The van der Waals surface area contributed by atoms with Gasteiger partial charge in [-0.05, 0) is 49.4 Å². The minimum atomic E-state index is -0.687. The fourth-order valence-corrected chi connectivity index (χ4v) is 4.49. The van der Waals surface area contributed by atoms with E-state index in [2.05, 4.69) is 20.7 Å². The summed E-state index contributed by atoms with van der Waals surface area (Å²) in [5.74, 6) is 0.201. The summed E-state index contributed by atoms with van der Waals surface area (Å²) >= 11 is 13.6. The number of carbonyl (C=O) groups excluding carboxylic acids is 1. The highest BCUT2D eigenvalue weighted by atomic mass is 35.5. The molecular weight excluding hydrogens is 509 g/mol. The van der Waals surface area contributed by atoms with E-state index >= 15 is 0 Å². The summed E-state index contributed by atoms with van der Waals surface area (Å²) in [6.07, 6.45) is 2.70. The van der Waals surface area contributed by atoms with Gasteiger partial charge in [-0.2, -0.15) is 5.10 Å². The third-order valence-electron chi connectivity index (χ3n) is 4.82. The Morgan fingerprint density at radius 2 is 1.74 bits per heavy atom.